The van der Waals surface area contributed by atoms with Gasteiger partial charge in [-0.15, -0.1) is 0 Å². The first-order valence-corrected chi connectivity index (χ1v) is 7.44. The maximum Gasteiger partial charge on any atom is 0.245 e. The third-order valence-corrected chi connectivity index (χ3v) is 4.66. The summed E-state index contributed by atoms with van der Waals surface area (Å²) in [4.78, 5) is 2.24. The lowest BCUT2D eigenvalue weighted by Gasteiger charge is -2.29. The average molecular weight is 273 g/mol. The second-order valence-corrected chi connectivity index (χ2v) is 6.51. The van der Waals surface area contributed by atoms with Crippen LogP contribution in [0.5, 0.6) is 0 Å². The van der Waals surface area contributed by atoms with E-state index in [-0.39, 0.29) is 10.7 Å². The summed E-state index contributed by atoms with van der Waals surface area (Å²) in [5.41, 5.74) is 5.51. The molecule has 0 bridgehead atoms. The van der Waals surface area contributed by atoms with Crippen LogP contribution in [0.15, 0.2) is 11.1 Å². The predicted octanol–water partition coefficient (Wildman–Crippen LogP) is -0.388. The van der Waals surface area contributed by atoms with E-state index in [2.05, 4.69) is 26.9 Å². The molecular formula is C10H19N5O2S. The van der Waals surface area contributed by atoms with Crippen molar-refractivity contribution in [2.24, 2.45) is 5.92 Å². The van der Waals surface area contributed by atoms with E-state index in [1.54, 1.807) is 0 Å². The van der Waals surface area contributed by atoms with Crippen LogP contribution in [0.1, 0.15) is 12.8 Å². The van der Waals surface area contributed by atoms with Crippen LogP contribution >= 0.6 is 0 Å². The van der Waals surface area contributed by atoms with E-state index in [4.69, 9.17) is 5.73 Å². The number of nitrogens with two attached hydrogens (primary N) is 1. The van der Waals surface area contributed by atoms with Gasteiger partial charge < -0.3 is 10.6 Å². The monoisotopic (exact) mass is 273 g/mol. The highest BCUT2D eigenvalue weighted by Gasteiger charge is 2.23. The van der Waals surface area contributed by atoms with E-state index in [0.717, 1.165) is 25.9 Å². The molecule has 1 saturated heterocycles. The summed E-state index contributed by atoms with van der Waals surface area (Å²) in [7, 11) is -1.50. The minimum absolute atomic E-state index is 0.0201. The van der Waals surface area contributed by atoms with Crippen LogP contribution < -0.4 is 10.5 Å². The average Bonchev–Trinajstić information content (AvgIpc) is 2.74. The lowest BCUT2D eigenvalue weighted by atomic mass is 9.99. The van der Waals surface area contributed by atoms with Gasteiger partial charge in [0, 0.05) is 13.1 Å². The molecule has 1 aliphatic heterocycles. The molecule has 0 aromatic carbocycles. The molecule has 0 amide bonds. The van der Waals surface area contributed by atoms with Gasteiger partial charge in [0.15, 0.2) is 0 Å². The molecule has 7 nitrogen and oxygen atoms in total. The summed E-state index contributed by atoms with van der Waals surface area (Å²) < 4.78 is 26.5. The Morgan fingerprint density at radius 3 is 3.06 bits per heavy atom. The summed E-state index contributed by atoms with van der Waals surface area (Å²) in [6.45, 7) is 2.44. The van der Waals surface area contributed by atoms with E-state index in [0.29, 0.717) is 12.5 Å². The Morgan fingerprint density at radius 2 is 2.44 bits per heavy atom. The van der Waals surface area contributed by atoms with Crippen molar-refractivity contribution < 1.29 is 8.42 Å². The van der Waals surface area contributed by atoms with Crippen molar-refractivity contribution in [3.8, 4) is 0 Å². The third kappa shape index (κ3) is 3.01. The first kappa shape index (κ1) is 13.3. The topological polar surface area (TPSA) is 104 Å². The second kappa shape index (κ2) is 5.25. The quantitative estimate of drug-likeness (QED) is 0.693. The standard InChI is InChI=1S/C10H19N5O2S/c1-15-4-2-3-8(7-15)5-13-18(16,17)9-6-12-14-10(9)11/h6,8,13H,2-5,7H2,1H3,(H3,11,12,14). The van der Waals surface area contributed by atoms with Crippen LogP contribution in [0.25, 0.3) is 0 Å². The number of hydrogen-bond acceptors (Lipinski definition) is 5. The molecule has 0 saturated carbocycles. The van der Waals surface area contributed by atoms with Gasteiger partial charge in [0.05, 0.1) is 6.20 Å². The van der Waals surface area contributed by atoms with E-state index >= 15 is 0 Å². The Balaban J connectivity index is 1.95. The summed E-state index contributed by atoms with van der Waals surface area (Å²) in [6.07, 6.45) is 3.38. The number of H-pyrrole nitrogens is 1. The predicted molar refractivity (Wildman–Crippen MR) is 68.4 cm³/mol. The number of piperidine rings is 1. The highest BCUT2D eigenvalue weighted by atomic mass is 32.2. The molecule has 2 heterocycles. The molecule has 1 fully saturated rings. The molecule has 1 aliphatic rings. The number of nitrogen functional groups attached to an aromatic ring is 1. The van der Waals surface area contributed by atoms with Gasteiger partial charge in [-0.25, -0.2) is 13.1 Å². The molecule has 18 heavy (non-hydrogen) atoms. The molecule has 1 aromatic heterocycles. The zero-order valence-corrected chi connectivity index (χ0v) is 11.2. The largest absolute Gasteiger partial charge is 0.383 e. The van der Waals surface area contributed by atoms with Crippen LogP contribution in [-0.2, 0) is 10.0 Å². The first-order valence-electron chi connectivity index (χ1n) is 5.96. The summed E-state index contributed by atoms with van der Waals surface area (Å²) in [6, 6.07) is 0. The van der Waals surface area contributed by atoms with Crippen molar-refractivity contribution in [1.82, 2.24) is 19.8 Å². The van der Waals surface area contributed by atoms with Crippen LogP contribution in [0.2, 0.25) is 0 Å². The van der Waals surface area contributed by atoms with Gasteiger partial charge in [0.2, 0.25) is 10.0 Å². The third-order valence-electron chi connectivity index (χ3n) is 3.21. The molecule has 8 heteroatoms. The van der Waals surface area contributed by atoms with E-state index < -0.39 is 10.0 Å². The van der Waals surface area contributed by atoms with E-state index in [1.807, 2.05) is 0 Å². The number of aromatic nitrogens is 2. The molecule has 0 spiro atoms. The van der Waals surface area contributed by atoms with Crippen molar-refractivity contribution in [2.45, 2.75) is 17.7 Å². The Bertz CT molecular complexity index is 498. The smallest absolute Gasteiger partial charge is 0.245 e. The number of nitrogens with one attached hydrogen (secondary N) is 2. The Kier molecular flexibility index (Phi) is 3.88. The SMILES string of the molecule is CN1CCCC(CNS(=O)(=O)c2cn[nH]c2N)C1. The molecule has 1 unspecified atom stereocenters. The normalized spacial score (nSPS) is 22.2. The molecule has 0 radical (unpaired) electrons. The van der Waals surface area contributed by atoms with Gasteiger partial charge >= 0.3 is 0 Å². The summed E-state index contributed by atoms with van der Waals surface area (Å²) in [5.74, 6) is 0.426. The fraction of sp³-hybridized carbons (Fsp3) is 0.700. The minimum atomic E-state index is -3.55. The number of nitrogens with zero attached hydrogens (tertiary/aromatic N) is 2. The molecule has 0 aliphatic carbocycles. The van der Waals surface area contributed by atoms with Crippen molar-refractivity contribution in [3.05, 3.63) is 6.20 Å². The molecule has 1 aromatic rings. The highest BCUT2D eigenvalue weighted by Crippen LogP contribution is 2.17. The maximum atomic E-state index is 12.0. The van der Waals surface area contributed by atoms with Crippen LogP contribution in [0, 0.1) is 5.92 Å². The van der Waals surface area contributed by atoms with Crippen LogP contribution in [-0.4, -0.2) is 50.2 Å². The zero-order valence-electron chi connectivity index (χ0n) is 10.4. The fourth-order valence-electron chi connectivity index (χ4n) is 2.24. The van der Waals surface area contributed by atoms with Crippen LogP contribution in [0.4, 0.5) is 5.82 Å². The van der Waals surface area contributed by atoms with Gasteiger partial charge in [-0.3, -0.25) is 5.10 Å². The second-order valence-electron chi connectivity index (χ2n) is 4.77. The van der Waals surface area contributed by atoms with E-state index in [9.17, 15) is 8.42 Å². The van der Waals surface area contributed by atoms with Gasteiger partial charge in [-0.05, 0) is 32.4 Å². The van der Waals surface area contributed by atoms with Gasteiger partial charge in [-0.2, -0.15) is 5.10 Å². The highest BCUT2D eigenvalue weighted by molar-refractivity contribution is 7.89. The van der Waals surface area contributed by atoms with E-state index in [1.165, 1.54) is 6.20 Å². The maximum absolute atomic E-state index is 12.0. The Morgan fingerprint density at radius 1 is 1.67 bits per heavy atom. The zero-order chi connectivity index (χ0) is 13.2. The number of rotatable bonds is 4. The molecule has 4 N–H and O–H groups in total. The number of anilines is 1. The lowest BCUT2D eigenvalue weighted by Crippen LogP contribution is -2.39. The molecule has 102 valence electrons. The van der Waals surface area contributed by atoms with Crippen molar-refractivity contribution in [1.29, 1.82) is 0 Å². The fourth-order valence-corrected chi connectivity index (χ4v) is 3.38. The number of hydrogen-bond donors (Lipinski definition) is 3. The van der Waals surface area contributed by atoms with Gasteiger partial charge in [0.25, 0.3) is 0 Å². The summed E-state index contributed by atoms with van der Waals surface area (Å²) >= 11 is 0. The van der Waals surface area contributed by atoms with Crippen molar-refractivity contribution in [2.75, 3.05) is 32.4 Å². The molecular weight excluding hydrogens is 254 g/mol. The minimum Gasteiger partial charge on any atom is -0.383 e. The lowest BCUT2D eigenvalue weighted by molar-refractivity contribution is 0.211. The number of aromatic amines is 1. The Labute approximate surface area is 107 Å². The summed E-state index contributed by atoms with van der Waals surface area (Å²) in [5, 5.41) is 6.04. The van der Waals surface area contributed by atoms with Crippen molar-refractivity contribution >= 4 is 15.8 Å². The van der Waals surface area contributed by atoms with Gasteiger partial charge in [0.1, 0.15) is 10.7 Å². The number of sulfonamides is 1. The first-order chi connectivity index (χ1) is 8.49. The molecule has 2 rings (SSSR count). The Hall–Kier alpha value is -1.12. The number of likely N-dealkylation sites (tertiary alicyclic amines) is 1. The molecule has 1 atom stereocenters. The van der Waals surface area contributed by atoms with Crippen molar-refractivity contribution in [3.63, 3.8) is 0 Å². The van der Waals surface area contributed by atoms with Crippen LogP contribution in [0.3, 0.4) is 0 Å². The van der Waals surface area contributed by atoms with Gasteiger partial charge in [-0.1, -0.05) is 0 Å².